The maximum Gasteiger partial charge on any atom is 0.472 e. The van der Waals surface area contributed by atoms with E-state index in [1.54, 1.807) is 0 Å². The molecule has 0 saturated heterocycles. The Balaban J connectivity index is 4.33. The van der Waals surface area contributed by atoms with Crippen molar-refractivity contribution in [1.82, 2.24) is 0 Å². The van der Waals surface area contributed by atoms with Gasteiger partial charge in [0.15, 0.2) is 6.10 Å². The molecule has 0 radical (unpaired) electrons. The van der Waals surface area contributed by atoms with Gasteiger partial charge >= 0.3 is 19.8 Å². The molecule has 0 bridgehead atoms. The maximum absolute atomic E-state index is 12.5. The van der Waals surface area contributed by atoms with Crippen LogP contribution in [0.25, 0.3) is 0 Å². The first-order chi connectivity index (χ1) is 22.5. The number of likely N-dealkylation sites (N-methyl/N-ethyl adjacent to an activating group) is 1. The molecule has 278 valence electrons. The van der Waals surface area contributed by atoms with Crippen molar-refractivity contribution in [3.05, 3.63) is 12.7 Å². The van der Waals surface area contributed by atoms with Crippen LogP contribution in [0, 0.1) is 0 Å². The fourth-order valence-electron chi connectivity index (χ4n) is 5.17. The quantitative estimate of drug-likeness (QED) is 0.0230. The minimum atomic E-state index is -4.36. The summed E-state index contributed by atoms with van der Waals surface area (Å²) in [6.45, 7) is 5.89. The molecule has 1 unspecified atom stereocenters. The second-order valence-electron chi connectivity index (χ2n) is 14.1. The minimum absolute atomic E-state index is 0.0338. The molecule has 0 aliphatic heterocycles. The van der Waals surface area contributed by atoms with E-state index in [-0.39, 0.29) is 25.6 Å². The van der Waals surface area contributed by atoms with Gasteiger partial charge in [-0.25, -0.2) is 4.57 Å². The monoisotopic (exact) mass is 691 g/mol. The molecule has 0 heterocycles. The van der Waals surface area contributed by atoms with Crippen LogP contribution in [-0.2, 0) is 32.7 Å². The van der Waals surface area contributed by atoms with Crippen LogP contribution in [0.15, 0.2) is 12.7 Å². The van der Waals surface area contributed by atoms with Gasteiger partial charge in [-0.15, -0.1) is 6.58 Å². The van der Waals surface area contributed by atoms with Crippen LogP contribution in [0.3, 0.4) is 0 Å². The zero-order valence-electron chi connectivity index (χ0n) is 30.9. The summed E-state index contributed by atoms with van der Waals surface area (Å²) < 4.78 is 34.1. The molecule has 10 heteroatoms. The number of unbranched alkanes of at least 4 members (excludes halogenated alkanes) is 20. The normalized spacial score (nSPS) is 13.6. The number of nitrogens with zero attached hydrogens (tertiary/aromatic N) is 1. The van der Waals surface area contributed by atoms with Gasteiger partial charge in [0.1, 0.15) is 19.8 Å². The standard InChI is InChI=1S/C37H72NO8P/c1-6-8-10-12-14-16-17-18-19-20-21-22-24-25-27-29-36(39)43-33-35(34-45-47(41,42)44-32-31-38(3,4)5)46-37(40)30-28-26-23-15-13-11-9-7-2/h6,35H,1,7-34H2,2-5H3/p+1/t35-/m0/s1. The summed E-state index contributed by atoms with van der Waals surface area (Å²) in [6, 6.07) is 0. The van der Waals surface area contributed by atoms with E-state index < -0.39 is 26.5 Å². The molecule has 1 N–H and O–H groups in total. The predicted molar refractivity (Wildman–Crippen MR) is 192 cm³/mol. The first-order valence-corrected chi connectivity index (χ1v) is 20.4. The highest BCUT2D eigenvalue weighted by atomic mass is 31.2. The third kappa shape index (κ3) is 34.4. The molecule has 0 aromatic rings. The van der Waals surface area contributed by atoms with E-state index in [4.69, 9.17) is 18.5 Å². The lowest BCUT2D eigenvalue weighted by molar-refractivity contribution is -0.870. The Bertz CT molecular complexity index is 817. The Morgan fingerprint density at radius 2 is 1.13 bits per heavy atom. The second kappa shape index (κ2) is 30.8. The molecule has 9 nitrogen and oxygen atoms in total. The lowest BCUT2D eigenvalue weighted by atomic mass is 10.0. The number of hydrogen-bond donors (Lipinski definition) is 1. The highest BCUT2D eigenvalue weighted by Crippen LogP contribution is 2.43. The smallest absolute Gasteiger partial charge is 0.462 e. The SMILES string of the molecule is C=CCCCCCCCCCCCCCCCC(=O)OC[C@@H](COP(=O)(O)OCC[N+](C)(C)C)OC(=O)CCCCCCCCCC. The molecule has 0 aromatic carbocycles. The summed E-state index contributed by atoms with van der Waals surface area (Å²) in [5.74, 6) is -0.802. The third-order valence-electron chi connectivity index (χ3n) is 8.19. The highest BCUT2D eigenvalue weighted by Gasteiger charge is 2.27. The maximum atomic E-state index is 12.5. The number of quaternary nitrogens is 1. The average Bonchev–Trinajstić information content (AvgIpc) is 3.01. The van der Waals surface area contributed by atoms with Crippen molar-refractivity contribution in [2.75, 3.05) is 47.5 Å². The van der Waals surface area contributed by atoms with Gasteiger partial charge in [0.05, 0.1) is 27.7 Å². The number of rotatable bonds is 35. The van der Waals surface area contributed by atoms with Gasteiger partial charge in [-0.3, -0.25) is 18.6 Å². The minimum Gasteiger partial charge on any atom is -0.462 e. The number of hydrogen-bond acceptors (Lipinski definition) is 7. The molecule has 0 aliphatic carbocycles. The summed E-state index contributed by atoms with van der Waals surface area (Å²) in [5, 5.41) is 0. The topological polar surface area (TPSA) is 108 Å². The Hall–Kier alpha value is -1.25. The largest absolute Gasteiger partial charge is 0.472 e. The van der Waals surface area contributed by atoms with Crippen molar-refractivity contribution in [2.24, 2.45) is 0 Å². The fourth-order valence-corrected chi connectivity index (χ4v) is 5.91. The third-order valence-corrected chi connectivity index (χ3v) is 9.18. The Kier molecular flexibility index (Phi) is 30.0. The number of carbonyl (C=O) groups excluding carboxylic acids is 2. The van der Waals surface area contributed by atoms with Crippen LogP contribution >= 0.6 is 7.82 Å². The molecule has 2 atom stereocenters. The van der Waals surface area contributed by atoms with Gasteiger partial charge in [-0.2, -0.15) is 0 Å². The van der Waals surface area contributed by atoms with Crippen molar-refractivity contribution in [3.8, 4) is 0 Å². The Morgan fingerprint density at radius 3 is 1.60 bits per heavy atom. The summed E-state index contributed by atoms with van der Waals surface area (Å²) in [6.07, 6.45) is 27.3. The van der Waals surface area contributed by atoms with Crippen LogP contribution in [0.5, 0.6) is 0 Å². The highest BCUT2D eigenvalue weighted by molar-refractivity contribution is 7.47. The van der Waals surface area contributed by atoms with Crippen LogP contribution in [0.2, 0.25) is 0 Å². The van der Waals surface area contributed by atoms with Crippen molar-refractivity contribution in [3.63, 3.8) is 0 Å². The molecule has 0 amide bonds. The van der Waals surface area contributed by atoms with E-state index in [1.165, 1.54) is 96.3 Å². The van der Waals surface area contributed by atoms with Gasteiger partial charge in [-0.1, -0.05) is 129 Å². The van der Waals surface area contributed by atoms with Crippen LogP contribution < -0.4 is 0 Å². The first kappa shape index (κ1) is 45.8. The molecular weight excluding hydrogens is 617 g/mol. The van der Waals surface area contributed by atoms with E-state index in [0.717, 1.165) is 38.5 Å². The van der Waals surface area contributed by atoms with E-state index in [2.05, 4.69) is 13.5 Å². The van der Waals surface area contributed by atoms with Crippen LogP contribution in [-0.4, -0.2) is 74.9 Å². The van der Waals surface area contributed by atoms with Gasteiger partial charge in [-0.05, 0) is 25.7 Å². The molecule has 47 heavy (non-hydrogen) atoms. The Labute approximate surface area is 288 Å². The number of phosphoric ester groups is 1. The van der Waals surface area contributed by atoms with Gasteiger partial charge in [0.2, 0.25) is 0 Å². The second-order valence-corrected chi connectivity index (χ2v) is 15.5. The lowest BCUT2D eigenvalue weighted by Crippen LogP contribution is -2.37. The summed E-state index contributed by atoms with van der Waals surface area (Å²) in [5.41, 5.74) is 0. The first-order valence-electron chi connectivity index (χ1n) is 18.9. The van der Waals surface area contributed by atoms with Gasteiger partial charge < -0.3 is 18.9 Å². The fraction of sp³-hybridized carbons (Fsp3) is 0.892. The van der Waals surface area contributed by atoms with Crippen LogP contribution in [0.4, 0.5) is 0 Å². The molecule has 0 fully saturated rings. The van der Waals surface area contributed by atoms with Gasteiger partial charge in [0.25, 0.3) is 0 Å². The van der Waals surface area contributed by atoms with Crippen molar-refractivity contribution in [1.29, 1.82) is 0 Å². The Morgan fingerprint density at radius 1 is 0.681 bits per heavy atom. The average molecular weight is 691 g/mol. The molecule has 0 saturated carbocycles. The summed E-state index contributed by atoms with van der Waals surface area (Å²) in [7, 11) is 1.48. The summed E-state index contributed by atoms with van der Waals surface area (Å²) >= 11 is 0. The van der Waals surface area contributed by atoms with E-state index in [0.29, 0.717) is 23.9 Å². The number of phosphoric acid groups is 1. The van der Waals surface area contributed by atoms with Crippen molar-refractivity contribution < 1.29 is 42.1 Å². The summed E-state index contributed by atoms with van der Waals surface area (Å²) in [4.78, 5) is 35.0. The van der Waals surface area contributed by atoms with E-state index >= 15 is 0 Å². The van der Waals surface area contributed by atoms with Crippen LogP contribution in [0.1, 0.15) is 161 Å². The number of esters is 2. The van der Waals surface area contributed by atoms with Gasteiger partial charge in [0, 0.05) is 12.8 Å². The number of ether oxygens (including phenoxy) is 2. The van der Waals surface area contributed by atoms with E-state index in [1.807, 2.05) is 27.2 Å². The molecule has 0 spiro atoms. The van der Waals surface area contributed by atoms with Crippen molar-refractivity contribution in [2.45, 2.75) is 167 Å². The van der Waals surface area contributed by atoms with Crippen molar-refractivity contribution >= 4 is 19.8 Å². The number of allylic oxidation sites excluding steroid dienone is 1. The molecule has 0 aromatic heterocycles. The molecule has 0 rings (SSSR count). The molecule has 0 aliphatic rings. The number of carbonyl (C=O) groups is 2. The zero-order valence-corrected chi connectivity index (χ0v) is 31.8. The predicted octanol–water partition coefficient (Wildman–Crippen LogP) is 9.85. The van der Waals surface area contributed by atoms with E-state index in [9.17, 15) is 19.0 Å². The molecular formula is C37H73NO8P+. The zero-order chi connectivity index (χ0) is 35.1. The lowest BCUT2D eigenvalue weighted by Gasteiger charge is -2.24.